The Labute approximate surface area is 171 Å². The molecule has 154 valence electrons. The molecule has 1 N–H and O–H groups in total. The first-order valence-corrected chi connectivity index (χ1v) is 10.3. The Morgan fingerprint density at radius 1 is 1.07 bits per heavy atom. The molecule has 29 heavy (non-hydrogen) atoms. The van der Waals surface area contributed by atoms with Crippen molar-refractivity contribution in [2.75, 3.05) is 38.7 Å². The van der Waals surface area contributed by atoms with E-state index in [-0.39, 0.29) is 11.9 Å². The van der Waals surface area contributed by atoms with E-state index in [9.17, 15) is 4.79 Å². The SMILES string of the molecule is COc1ccc(C2CCCCCN2CC(=O)Nc2ccc3c(c2)OCCO3)cc1. The van der Waals surface area contributed by atoms with Crippen LogP contribution in [0.4, 0.5) is 5.69 Å². The molecule has 1 unspecified atom stereocenters. The van der Waals surface area contributed by atoms with E-state index in [4.69, 9.17) is 14.2 Å². The molecule has 0 aromatic heterocycles. The Kier molecular flexibility index (Phi) is 6.20. The minimum absolute atomic E-state index is 0.0120. The molecule has 2 aromatic carbocycles. The van der Waals surface area contributed by atoms with Crippen LogP contribution in [0, 0.1) is 0 Å². The van der Waals surface area contributed by atoms with Crippen molar-refractivity contribution in [3.63, 3.8) is 0 Å². The quantitative estimate of drug-likeness (QED) is 0.827. The molecule has 2 heterocycles. The third-order valence-corrected chi connectivity index (χ3v) is 5.54. The Morgan fingerprint density at radius 2 is 1.86 bits per heavy atom. The highest BCUT2D eigenvalue weighted by Crippen LogP contribution is 2.33. The normalized spacial score (nSPS) is 19.3. The lowest BCUT2D eigenvalue weighted by molar-refractivity contribution is -0.117. The molecule has 0 bridgehead atoms. The molecule has 2 aliphatic heterocycles. The van der Waals surface area contributed by atoms with Crippen LogP contribution < -0.4 is 19.5 Å². The van der Waals surface area contributed by atoms with Crippen LogP contribution in [-0.2, 0) is 4.79 Å². The number of ether oxygens (including phenoxy) is 3. The van der Waals surface area contributed by atoms with Crippen molar-refractivity contribution in [3.05, 3.63) is 48.0 Å². The number of hydrogen-bond acceptors (Lipinski definition) is 5. The van der Waals surface area contributed by atoms with Crippen LogP contribution in [0.25, 0.3) is 0 Å². The fourth-order valence-electron chi connectivity index (χ4n) is 4.07. The van der Waals surface area contributed by atoms with E-state index >= 15 is 0 Å². The number of carbonyl (C=O) groups excluding carboxylic acids is 1. The van der Waals surface area contributed by atoms with Crippen LogP contribution in [-0.4, -0.2) is 44.2 Å². The molecule has 0 aliphatic carbocycles. The monoisotopic (exact) mass is 396 g/mol. The number of anilines is 1. The molecule has 0 saturated carbocycles. The smallest absolute Gasteiger partial charge is 0.238 e. The maximum Gasteiger partial charge on any atom is 0.238 e. The zero-order valence-corrected chi connectivity index (χ0v) is 16.9. The van der Waals surface area contributed by atoms with Gasteiger partial charge in [-0.15, -0.1) is 0 Å². The van der Waals surface area contributed by atoms with Crippen molar-refractivity contribution in [2.24, 2.45) is 0 Å². The van der Waals surface area contributed by atoms with Crippen molar-refractivity contribution < 1.29 is 19.0 Å². The van der Waals surface area contributed by atoms with Gasteiger partial charge in [0.25, 0.3) is 0 Å². The zero-order chi connectivity index (χ0) is 20.1. The summed E-state index contributed by atoms with van der Waals surface area (Å²) in [4.78, 5) is 15.1. The van der Waals surface area contributed by atoms with Crippen molar-refractivity contribution in [1.82, 2.24) is 4.90 Å². The number of amides is 1. The van der Waals surface area contributed by atoms with Crippen LogP contribution in [0.3, 0.4) is 0 Å². The van der Waals surface area contributed by atoms with Gasteiger partial charge in [-0.1, -0.05) is 25.0 Å². The van der Waals surface area contributed by atoms with E-state index in [1.54, 1.807) is 7.11 Å². The van der Waals surface area contributed by atoms with E-state index < -0.39 is 0 Å². The fraction of sp³-hybridized carbons (Fsp3) is 0.435. The standard InChI is InChI=1S/C23H28N2O4/c1-27-19-9-6-17(7-10-19)20-5-3-2-4-12-25(20)16-23(26)24-18-8-11-21-22(15-18)29-14-13-28-21/h6-11,15,20H,2-5,12-14,16H2,1H3,(H,24,26). The number of likely N-dealkylation sites (tertiary alicyclic amines) is 1. The average Bonchev–Trinajstić information content (AvgIpc) is 2.99. The Bertz CT molecular complexity index is 837. The van der Waals surface area contributed by atoms with Crippen molar-refractivity contribution in [3.8, 4) is 17.2 Å². The first-order chi connectivity index (χ1) is 14.2. The van der Waals surface area contributed by atoms with Gasteiger partial charge in [-0.25, -0.2) is 0 Å². The summed E-state index contributed by atoms with van der Waals surface area (Å²) in [5.41, 5.74) is 1.97. The first kappa shape index (κ1) is 19.6. The minimum Gasteiger partial charge on any atom is -0.497 e. The van der Waals surface area contributed by atoms with Crippen molar-refractivity contribution >= 4 is 11.6 Å². The summed E-state index contributed by atoms with van der Waals surface area (Å²) in [6.45, 7) is 2.37. The molecule has 1 amide bonds. The number of nitrogens with one attached hydrogen (secondary N) is 1. The summed E-state index contributed by atoms with van der Waals surface area (Å²) in [6.07, 6.45) is 4.55. The van der Waals surface area contributed by atoms with Crippen LogP contribution in [0.1, 0.15) is 37.3 Å². The molecular formula is C23H28N2O4. The summed E-state index contributed by atoms with van der Waals surface area (Å²) in [5, 5.41) is 3.01. The lowest BCUT2D eigenvalue weighted by atomic mass is 10.0. The molecule has 6 heteroatoms. The first-order valence-electron chi connectivity index (χ1n) is 10.3. The van der Waals surface area contributed by atoms with Gasteiger partial charge in [0, 0.05) is 17.8 Å². The number of carbonyl (C=O) groups is 1. The highest BCUT2D eigenvalue weighted by atomic mass is 16.6. The molecule has 0 spiro atoms. The van der Waals surface area contributed by atoms with Gasteiger partial charge in [0.15, 0.2) is 11.5 Å². The topological polar surface area (TPSA) is 60.0 Å². The summed E-state index contributed by atoms with van der Waals surface area (Å²) in [6, 6.07) is 14.0. The number of hydrogen-bond donors (Lipinski definition) is 1. The van der Waals surface area contributed by atoms with Crippen LogP contribution in [0.2, 0.25) is 0 Å². The number of benzene rings is 2. The molecule has 2 aliphatic rings. The third kappa shape index (κ3) is 4.82. The lowest BCUT2D eigenvalue weighted by Gasteiger charge is -2.30. The zero-order valence-electron chi connectivity index (χ0n) is 16.9. The number of methoxy groups -OCH3 is 1. The highest BCUT2D eigenvalue weighted by Gasteiger charge is 2.25. The second-order valence-corrected chi connectivity index (χ2v) is 7.52. The van der Waals surface area contributed by atoms with Gasteiger partial charge < -0.3 is 19.5 Å². The van der Waals surface area contributed by atoms with Gasteiger partial charge >= 0.3 is 0 Å². The molecule has 1 saturated heterocycles. The predicted molar refractivity (Wildman–Crippen MR) is 112 cm³/mol. The molecule has 6 nitrogen and oxygen atoms in total. The van der Waals surface area contributed by atoms with Crippen molar-refractivity contribution in [2.45, 2.75) is 31.7 Å². The van der Waals surface area contributed by atoms with Gasteiger partial charge in [0.2, 0.25) is 5.91 Å². The summed E-state index contributed by atoms with van der Waals surface area (Å²) < 4.78 is 16.4. The molecule has 2 aromatic rings. The van der Waals surface area contributed by atoms with Crippen LogP contribution in [0.5, 0.6) is 17.2 Å². The van der Waals surface area contributed by atoms with Gasteiger partial charge in [-0.05, 0) is 49.2 Å². The molecule has 1 fully saturated rings. The third-order valence-electron chi connectivity index (χ3n) is 5.54. The maximum atomic E-state index is 12.8. The van der Waals surface area contributed by atoms with E-state index in [0.717, 1.165) is 36.6 Å². The average molecular weight is 396 g/mol. The second-order valence-electron chi connectivity index (χ2n) is 7.52. The minimum atomic E-state index is -0.0120. The molecule has 1 atom stereocenters. The second kappa shape index (κ2) is 9.18. The molecule has 0 radical (unpaired) electrons. The summed E-state index contributed by atoms with van der Waals surface area (Å²) in [7, 11) is 1.68. The van der Waals surface area contributed by atoms with Crippen LogP contribution in [0.15, 0.2) is 42.5 Å². The number of rotatable bonds is 5. The Hall–Kier alpha value is -2.73. The van der Waals surface area contributed by atoms with E-state index in [1.807, 2.05) is 30.3 Å². The largest absolute Gasteiger partial charge is 0.497 e. The molecular weight excluding hydrogens is 368 g/mol. The predicted octanol–water partition coefficient (Wildman–Crippen LogP) is 4.02. The van der Waals surface area contributed by atoms with Gasteiger partial charge in [0.1, 0.15) is 19.0 Å². The number of fused-ring (bicyclic) bond motifs is 1. The maximum absolute atomic E-state index is 12.8. The van der Waals surface area contributed by atoms with Gasteiger partial charge in [0.05, 0.1) is 13.7 Å². The van der Waals surface area contributed by atoms with Crippen LogP contribution >= 0.6 is 0 Å². The summed E-state index contributed by atoms with van der Waals surface area (Å²) in [5.74, 6) is 2.24. The number of nitrogens with zero attached hydrogens (tertiary/aromatic N) is 1. The lowest BCUT2D eigenvalue weighted by Crippen LogP contribution is -2.36. The Balaban J connectivity index is 1.44. The highest BCUT2D eigenvalue weighted by molar-refractivity contribution is 5.92. The molecule has 4 rings (SSSR count). The van der Waals surface area contributed by atoms with E-state index in [1.165, 1.54) is 18.4 Å². The van der Waals surface area contributed by atoms with Crippen molar-refractivity contribution in [1.29, 1.82) is 0 Å². The van der Waals surface area contributed by atoms with Gasteiger partial charge in [-0.2, -0.15) is 0 Å². The van der Waals surface area contributed by atoms with Gasteiger partial charge in [-0.3, -0.25) is 9.69 Å². The summed E-state index contributed by atoms with van der Waals surface area (Å²) >= 11 is 0. The van der Waals surface area contributed by atoms with E-state index in [0.29, 0.717) is 25.5 Å². The fourth-order valence-corrected chi connectivity index (χ4v) is 4.07. The Morgan fingerprint density at radius 3 is 2.66 bits per heavy atom. The van der Waals surface area contributed by atoms with E-state index in [2.05, 4.69) is 22.3 Å².